The van der Waals surface area contributed by atoms with Crippen molar-refractivity contribution in [3.63, 3.8) is 0 Å². The van der Waals surface area contributed by atoms with Crippen LogP contribution >= 0.6 is 11.6 Å². The molecule has 0 aliphatic rings. The molecule has 0 radical (unpaired) electrons. The molecule has 0 aromatic carbocycles. The van der Waals surface area contributed by atoms with Gasteiger partial charge in [0.1, 0.15) is 0 Å². The average molecular weight is 238 g/mol. The number of rotatable bonds is 8. The van der Waals surface area contributed by atoms with Gasteiger partial charge in [-0.05, 0) is 20.3 Å². The Hall–Kier alpha value is -0.320. The zero-order chi connectivity index (χ0) is 11.7. The Kier molecular flexibility index (Phi) is 7.74. The summed E-state index contributed by atoms with van der Waals surface area (Å²) >= 11 is 5.66. The summed E-state index contributed by atoms with van der Waals surface area (Å²) in [7, 11) is 0. The maximum absolute atomic E-state index is 11.5. The van der Waals surface area contributed by atoms with Gasteiger partial charge in [0, 0.05) is 19.0 Å². The zero-order valence-electron chi connectivity index (χ0n) is 9.38. The van der Waals surface area contributed by atoms with Crippen LogP contribution in [0.1, 0.15) is 20.3 Å². The van der Waals surface area contributed by atoms with Gasteiger partial charge in [0.05, 0.1) is 18.6 Å². The number of halogens is 1. The summed E-state index contributed by atoms with van der Waals surface area (Å²) in [6.45, 7) is 5.11. The van der Waals surface area contributed by atoms with E-state index in [0.717, 1.165) is 6.42 Å². The number of hydrogen-bond acceptors (Lipinski definition) is 3. The highest BCUT2D eigenvalue weighted by atomic mass is 35.5. The van der Waals surface area contributed by atoms with Gasteiger partial charge in [-0.15, -0.1) is 11.6 Å². The number of aliphatic hydroxyl groups is 1. The van der Waals surface area contributed by atoms with Gasteiger partial charge in [-0.3, -0.25) is 4.79 Å². The summed E-state index contributed by atoms with van der Waals surface area (Å²) in [4.78, 5) is 11.5. The van der Waals surface area contributed by atoms with E-state index < -0.39 is 5.41 Å². The Labute approximate surface area is 95.9 Å². The van der Waals surface area contributed by atoms with E-state index in [0.29, 0.717) is 25.6 Å². The number of nitrogens with one attached hydrogen (secondary N) is 1. The molecular formula is C10H20ClNO3. The first-order valence-electron chi connectivity index (χ1n) is 5.07. The molecule has 90 valence electrons. The molecule has 5 heteroatoms. The van der Waals surface area contributed by atoms with Crippen LogP contribution in [0.5, 0.6) is 0 Å². The van der Waals surface area contributed by atoms with Crippen molar-refractivity contribution in [2.45, 2.75) is 20.3 Å². The molecule has 0 saturated heterocycles. The van der Waals surface area contributed by atoms with Crippen molar-refractivity contribution in [3.8, 4) is 0 Å². The van der Waals surface area contributed by atoms with Crippen LogP contribution in [-0.2, 0) is 9.53 Å². The topological polar surface area (TPSA) is 58.6 Å². The molecule has 0 aliphatic carbocycles. The Morgan fingerprint density at radius 3 is 2.67 bits per heavy atom. The second kappa shape index (κ2) is 7.91. The van der Waals surface area contributed by atoms with Crippen molar-refractivity contribution in [3.05, 3.63) is 0 Å². The Balaban J connectivity index is 3.47. The number of carbonyl (C=O) groups excluding carboxylic acids is 1. The van der Waals surface area contributed by atoms with Crippen molar-refractivity contribution >= 4 is 17.5 Å². The quantitative estimate of drug-likeness (QED) is 0.484. The molecule has 0 bridgehead atoms. The number of aliphatic hydroxyl groups excluding tert-OH is 1. The van der Waals surface area contributed by atoms with Gasteiger partial charge in [-0.25, -0.2) is 0 Å². The molecule has 0 unspecified atom stereocenters. The van der Waals surface area contributed by atoms with Crippen molar-refractivity contribution < 1.29 is 14.6 Å². The lowest BCUT2D eigenvalue weighted by molar-refractivity contribution is -0.128. The van der Waals surface area contributed by atoms with Crippen molar-refractivity contribution in [1.82, 2.24) is 5.32 Å². The predicted molar refractivity (Wildman–Crippen MR) is 60.0 cm³/mol. The Bertz CT molecular complexity index is 186. The van der Waals surface area contributed by atoms with Gasteiger partial charge >= 0.3 is 0 Å². The first kappa shape index (κ1) is 14.7. The first-order chi connectivity index (χ1) is 7.04. The van der Waals surface area contributed by atoms with Crippen LogP contribution in [0.2, 0.25) is 0 Å². The Morgan fingerprint density at radius 2 is 2.13 bits per heavy atom. The van der Waals surface area contributed by atoms with E-state index in [4.69, 9.17) is 21.4 Å². The van der Waals surface area contributed by atoms with Gasteiger partial charge in [0.25, 0.3) is 0 Å². The summed E-state index contributed by atoms with van der Waals surface area (Å²) < 4.78 is 5.05. The number of alkyl halides is 1. The van der Waals surface area contributed by atoms with Gasteiger partial charge in [-0.1, -0.05) is 0 Å². The number of ether oxygens (including phenoxy) is 1. The molecule has 0 saturated carbocycles. The van der Waals surface area contributed by atoms with Crippen LogP contribution in [0.3, 0.4) is 0 Å². The van der Waals surface area contributed by atoms with Gasteiger partial charge in [0.2, 0.25) is 5.91 Å². The lowest BCUT2D eigenvalue weighted by Crippen LogP contribution is -2.38. The predicted octanol–water partition coefficient (Wildman–Crippen LogP) is 0.767. The molecule has 4 nitrogen and oxygen atoms in total. The maximum atomic E-state index is 11.5. The van der Waals surface area contributed by atoms with Crippen LogP contribution in [0.4, 0.5) is 0 Å². The number of hydrogen-bond donors (Lipinski definition) is 2. The Morgan fingerprint density at radius 1 is 1.47 bits per heavy atom. The fraction of sp³-hybridized carbons (Fsp3) is 0.900. The summed E-state index contributed by atoms with van der Waals surface area (Å²) in [6, 6.07) is 0. The molecule has 0 aliphatic heterocycles. The SMILES string of the molecule is CC(C)(CCl)C(=O)NCCCOCCO. The standard InChI is InChI=1S/C10H20ClNO3/c1-10(2,8-11)9(14)12-4-3-6-15-7-5-13/h13H,3-8H2,1-2H3,(H,12,14). The highest BCUT2D eigenvalue weighted by molar-refractivity contribution is 6.19. The fourth-order valence-electron chi connectivity index (χ4n) is 0.843. The van der Waals surface area contributed by atoms with Crippen molar-refractivity contribution in [2.24, 2.45) is 5.41 Å². The molecule has 0 fully saturated rings. The summed E-state index contributed by atoms with van der Waals surface area (Å²) in [6.07, 6.45) is 0.740. The molecule has 0 atom stereocenters. The van der Waals surface area contributed by atoms with Crippen LogP contribution in [0.25, 0.3) is 0 Å². The molecular weight excluding hydrogens is 218 g/mol. The monoisotopic (exact) mass is 237 g/mol. The highest BCUT2D eigenvalue weighted by Crippen LogP contribution is 2.16. The second-order valence-corrected chi connectivity index (χ2v) is 4.23. The van der Waals surface area contributed by atoms with E-state index >= 15 is 0 Å². The second-order valence-electron chi connectivity index (χ2n) is 3.96. The van der Waals surface area contributed by atoms with E-state index in [9.17, 15) is 4.79 Å². The lowest BCUT2D eigenvalue weighted by Gasteiger charge is -2.20. The summed E-state index contributed by atoms with van der Waals surface area (Å²) in [5.74, 6) is 0.263. The third kappa shape index (κ3) is 6.71. The largest absolute Gasteiger partial charge is 0.394 e. The van der Waals surface area contributed by atoms with Gasteiger partial charge < -0.3 is 15.2 Å². The van der Waals surface area contributed by atoms with E-state index in [1.165, 1.54) is 0 Å². The van der Waals surface area contributed by atoms with Gasteiger partial charge in [0.15, 0.2) is 0 Å². The summed E-state index contributed by atoms with van der Waals surface area (Å²) in [5, 5.41) is 11.2. The third-order valence-corrected chi connectivity index (χ3v) is 2.60. The number of carbonyl (C=O) groups is 1. The zero-order valence-corrected chi connectivity index (χ0v) is 10.1. The molecule has 0 rings (SSSR count). The maximum Gasteiger partial charge on any atom is 0.226 e. The minimum atomic E-state index is -0.520. The third-order valence-electron chi connectivity index (χ3n) is 1.94. The van der Waals surface area contributed by atoms with Crippen molar-refractivity contribution in [1.29, 1.82) is 0 Å². The van der Waals surface area contributed by atoms with Gasteiger partial charge in [-0.2, -0.15) is 0 Å². The normalized spacial score (nSPS) is 11.5. The molecule has 0 aromatic rings. The van der Waals surface area contributed by atoms with Crippen LogP contribution in [0.15, 0.2) is 0 Å². The molecule has 0 aromatic heterocycles. The van der Waals surface area contributed by atoms with Crippen LogP contribution in [0, 0.1) is 5.41 Å². The first-order valence-corrected chi connectivity index (χ1v) is 5.61. The molecule has 1 amide bonds. The molecule has 2 N–H and O–H groups in total. The average Bonchev–Trinajstić information content (AvgIpc) is 2.22. The van der Waals surface area contributed by atoms with E-state index in [1.807, 2.05) is 0 Å². The van der Waals surface area contributed by atoms with Crippen LogP contribution in [-0.4, -0.2) is 43.3 Å². The molecule has 0 heterocycles. The summed E-state index contributed by atoms with van der Waals surface area (Å²) in [5.41, 5.74) is -0.520. The molecule has 0 spiro atoms. The van der Waals surface area contributed by atoms with E-state index in [-0.39, 0.29) is 12.5 Å². The minimum Gasteiger partial charge on any atom is -0.394 e. The van der Waals surface area contributed by atoms with Crippen molar-refractivity contribution in [2.75, 3.05) is 32.2 Å². The van der Waals surface area contributed by atoms with Crippen LogP contribution < -0.4 is 5.32 Å². The smallest absolute Gasteiger partial charge is 0.226 e. The lowest BCUT2D eigenvalue weighted by atomic mass is 9.95. The molecule has 15 heavy (non-hydrogen) atoms. The van der Waals surface area contributed by atoms with E-state index in [1.54, 1.807) is 13.8 Å². The van der Waals surface area contributed by atoms with E-state index in [2.05, 4.69) is 5.32 Å². The minimum absolute atomic E-state index is 0.0334. The fourth-order valence-corrected chi connectivity index (χ4v) is 0.964. The number of amides is 1. The highest BCUT2D eigenvalue weighted by Gasteiger charge is 2.25.